The number of anilines is 2. The number of nitrogens with two attached hydrogens (primary N) is 1. The van der Waals surface area contributed by atoms with Crippen molar-refractivity contribution in [3.63, 3.8) is 0 Å². The largest absolute Gasteiger partial charge is 0.508 e. The van der Waals surface area contributed by atoms with E-state index in [0.717, 1.165) is 25.9 Å². The Kier molecular flexibility index (Phi) is 7.29. The molecule has 7 N–H and O–H groups in total. The van der Waals surface area contributed by atoms with Crippen LogP contribution in [0.2, 0.25) is 0 Å². The van der Waals surface area contributed by atoms with Crippen LogP contribution in [0.3, 0.4) is 0 Å². The molecule has 1 spiro atoms. The Hall–Kier alpha value is -3.94. The average molecular weight is 624 g/mol. The van der Waals surface area contributed by atoms with E-state index in [0.29, 0.717) is 16.7 Å². The van der Waals surface area contributed by atoms with Crippen molar-refractivity contribution in [2.45, 2.75) is 50.2 Å². The number of rotatable bonds is 6. The number of phenols is 1. The van der Waals surface area contributed by atoms with Gasteiger partial charge in [-0.25, -0.2) is 0 Å². The molecule has 6 rings (SSSR count). The molecule has 13 nitrogen and oxygen atoms in total. The van der Waals surface area contributed by atoms with E-state index >= 15 is 0 Å². The maximum atomic E-state index is 14.1. The number of fused-ring (bicyclic) bond motifs is 3. The second-order valence-electron chi connectivity index (χ2n) is 13.8. The van der Waals surface area contributed by atoms with Crippen LogP contribution in [0.4, 0.5) is 11.4 Å². The fourth-order valence-corrected chi connectivity index (χ4v) is 8.04. The number of primary amides is 1. The Bertz CT molecular complexity index is 1580. The van der Waals surface area contributed by atoms with E-state index in [-0.39, 0.29) is 42.1 Å². The van der Waals surface area contributed by atoms with E-state index in [4.69, 9.17) is 5.73 Å². The number of piperidine rings is 1. The minimum absolute atomic E-state index is 0.00496. The molecule has 2 saturated carbocycles. The molecule has 242 valence electrons. The Labute approximate surface area is 261 Å². The van der Waals surface area contributed by atoms with Gasteiger partial charge in [0.15, 0.2) is 11.4 Å². The minimum atomic E-state index is -2.72. The molecule has 0 unspecified atom stereocenters. The molecule has 3 fully saturated rings. The zero-order valence-corrected chi connectivity index (χ0v) is 26.0. The fourth-order valence-electron chi connectivity index (χ4n) is 8.04. The number of aliphatic hydroxyl groups is 3. The van der Waals surface area contributed by atoms with Crippen LogP contribution in [0.15, 0.2) is 23.0 Å². The highest BCUT2D eigenvalue weighted by Crippen LogP contribution is 2.55. The van der Waals surface area contributed by atoms with Gasteiger partial charge in [0.25, 0.3) is 5.91 Å². The second-order valence-corrected chi connectivity index (χ2v) is 13.8. The van der Waals surface area contributed by atoms with Crippen molar-refractivity contribution in [3.8, 4) is 5.75 Å². The fraction of sp³-hybridized carbons (Fsp3) is 0.562. The third-order valence-corrected chi connectivity index (χ3v) is 10.7. The highest BCUT2D eigenvalue weighted by molar-refractivity contribution is 6.24. The Balaban J connectivity index is 1.39. The van der Waals surface area contributed by atoms with Crippen LogP contribution in [0.5, 0.6) is 5.75 Å². The van der Waals surface area contributed by atoms with Gasteiger partial charge in [-0.15, -0.1) is 0 Å². The summed E-state index contributed by atoms with van der Waals surface area (Å²) in [5, 5.41) is 48.8. The number of nitrogens with zero attached hydrogens (tertiary/aromatic N) is 3. The smallest absolute Gasteiger partial charge is 0.255 e. The van der Waals surface area contributed by atoms with E-state index in [2.05, 4.69) is 10.2 Å². The number of ketones is 2. The van der Waals surface area contributed by atoms with Crippen LogP contribution >= 0.6 is 0 Å². The quantitative estimate of drug-likeness (QED) is 0.194. The van der Waals surface area contributed by atoms with Crippen molar-refractivity contribution >= 4 is 40.5 Å². The molecule has 13 heteroatoms. The van der Waals surface area contributed by atoms with E-state index in [1.54, 1.807) is 39.2 Å². The molecule has 1 heterocycles. The Morgan fingerprint density at radius 1 is 1.07 bits per heavy atom. The number of carbonyl (C=O) groups is 4. The number of amides is 2. The van der Waals surface area contributed by atoms with Crippen LogP contribution in [0, 0.1) is 17.3 Å². The number of Topliss-reactive ketones (excluding diaryl/α,β-unsaturated/α-hetero) is 2. The van der Waals surface area contributed by atoms with E-state index in [9.17, 15) is 39.6 Å². The summed E-state index contributed by atoms with van der Waals surface area (Å²) in [6, 6.07) is 0.470. The summed E-state index contributed by atoms with van der Waals surface area (Å²) in [6.07, 6.45) is 4.78. The lowest BCUT2D eigenvalue weighted by Gasteiger charge is -2.50. The SMILES string of the molecule is CN(C)c1cc(NC(=O)CN2CCC3(CC2)CC3)c(O)c2c1C[C@H]1C[C@H]3[C@H](N(C)C)C(=O)C(C(N)=O)=C(O)[C@@]3(O)C(=O)C1=C2O. The topological polar surface area (TPSA) is 197 Å². The number of likely N-dealkylation sites (tertiary alicyclic amines) is 1. The van der Waals surface area contributed by atoms with Crippen LogP contribution in [-0.2, 0) is 25.6 Å². The predicted octanol–water partition coefficient (Wildman–Crippen LogP) is 0.845. The molecule has 2 amide bonds. The number of aliphatic hydroxyl groups excluding tert-OH is 2. The molecule has 5 aliphatic rings. The highest BCUT2D eigenvalue weighted by atomic mass is 16.3. The molecular weight excluding hydrogens is 582 g/mol. The molecule has 1 saturated heterocycles. The summed E-state index contributed by atoms with van der Waals surface area (Å²) in [5.74, 6) is -7.53. The summed E-state index contributed by atoms with van der Waals surface area (Å²) >= 11 is 0. The Morgan fingerprint density at radius 2 is 1.71 bits per heavy atom. The predicted molar refractivity (Wildman–Crippen MR) is 165 cm³/mol. The summed E-state index contributed by atoms with van der Waals surface area (Å²) in [5.41, 5.74) is 3.14. The Morgan fingerprint density at radius 3 is 2.27 bits per heavy atom. The number of nitrogens with one attached hydrogen (secondary N) is 1. The van der Waals surface area contributed by atoms with Crippen LogP contribution in [-0.4, -0.2) is 113 Å². The maximum Gasteiger partial charge on any atom is 0.255 e. The molecule has 45 heavy (non-hydrogen) atoms. The number of aromatic hydroxyl groups is 1. The van der Waals surface area contributed by atoms with Gasteiger partial charge in [0.1, 0.15) is 22.8 Å². The minimum Gasteiger partial charge on any atom is -0.508 e. The van der Waals surface area contributed by atoms with Gasteiger partial charge in [0, 0.05) is 31.3 Å². The van der Waals surface area contributed by atoms with Crippen LogP contribution < -0.4 is 16.0 Å². The summed E-state index contributed by atoms with van der Waals surface area (Å²) in [4.78, 5) is 58.1. The van der Waals surface area contributed by atoms with Gasteiger partial charge in [0.05, 0.1) is 23.8 Å². The molecule has 4 aliphatic carbocycles. The number of carbonyl (C=O) groups excluding carboxylic acids is 4. The maximum absolute atomic E-state index is 14.1. The molecule has 1 aromatic carbocycles. The zero-order valence-electron chi connectivity index (χ0n) is 26.0. The third-order valence-electron chi connectivity index (χ3n) is 10.7. The van der Waals surface area contributed by atoms with Gasteiger partial charge in [-0.05, 0) is 88.7 Å². The molecule has 0 aromatic heterocycles. The van der Waals surface area contributed by atoms with Crippen molar-refractivity contribution in [1.82, 2.24) is 9.80 Å². The number of hydrogen-bond acceptors (Lipinski definition) is 11. The first-order valence-electron chi connectivity index (χ1n) is 15.3. The summed E-state index contributed by atoms with van der Waals surface area (Å²) < 4.78 is 0. The lowest BCUT2D eigenvalue weighted by Crippen LogP contribution is -2.65. The monoisotopic (exact) mass is 623 g/mol. The molecule has 0 bridgehead atoms. The average Bonchev–Trinajstić information content (AvgIpc) is 3.71. The number of phenolic OH excluding ortho intramolecular Hbond substituents is 1. The third kappa shape index (κ3) is 4.70. The van der Waals surface area contributed by atoms with Crippen molar-refractivity contribution in [2.24, 2.45) is 23.0 Å². The number of hydrogen-bond donors (Lipinski definition) is 6. The van der Waals surface area contributed by atoms with Crippen molar-refractivity contribution < 1.29 is 39.6 Å². The highest BCUT2D eigenvalue weighted by Gasteiger charge is 2.64. The number of benzene rings is 1. The second kappa shape index (κ2) is 10.6. The molecule has 1 aromatic rings. The van der Waals surface area contributed by atoms with Gasteiger partial charge in [0.2, 0.25) is 11.7 Å². The lowest BCUT2D eigenvalue weighted by atomic mass is 9.57. The standard InChI is InChI=1S/C32H41N5O8/c1-35(2)19-13-18(34-20(38)14-37-9-7-31(5-6-31)8-10-37)25(39)22-16(19)11-15-12-17-24(36(3)4)27(41)23(30(33)44)29(43)32(17,45)28(42)21(15)26(22)40/h13,15,17,24,39-40,43,45H,5-12,14H2,1-4H3,(H2,33,44)(H,34,38)/t15-,17-,24-,32-/m0/s1. The van der Waals surface area contributed by atoms with Crippen molar-refractivity contribution in [1.29, 1.82) is 0 Å². The first-order valence-corrected chi connectivity index (χ1v) is 15.3. The molecular formula is C32H41N5O8. The summed E-state index contributed by atoms with van der Waals surface area (Å²) in [7, 11) is 6.66. The van der Waals surface area contributed by atoms with Gasteiger partial charge in [-0.3, -0.25) is 29.0 Å². The van der Waals surface area contributed by atoms with Gasteiger partial charge in [-0.2, -0.15) is 0 Å². The van der Waals surface area contributed by atoms with E-state index < -0.39 is 63.8 Å². The van der Waals surface area contributed by atoms with Crippen LogP contribution in [0.25, 0.3) is 5.76 Å². The molecule has 1 aliphatic heterocycles. The zero-order chi connectivity index (χ0) is 32.7. The molecule has 4 atom stereocenters. The first-order chi connectivity index (χ1) is 21.1. The van der Waals surface area contributed by atoms with Crippen molar-refractivity contribution in [2.75, 3.05) is 58.0 Å². The van der Waals surface area contributed by atoms with E-state index in [1.165, 1.54) is 17.7 Å². The van der Waals surface area contributed by atoms with Gasteiger partial charge < -0.3 is 36.4 Å². The number of likely N-dealkylation sites (N-methyl/N-ethyl adjacent to an activating group) is 1. The van der Waals surface area contributed by atoms with E-state index in [1.807, 2.05) is 0 Å². The summed E-state index contributed by atoms with van der Waals surface area (Å²) in [6.45, 7) is 1.79. The molecule has 0 radical (unpaired) electrons. The normalized spacial score (nSPS) is 29.0. The van der Waals surface area contributed by atoms with Gasteiger partial charge in [-0.1, -0.05) is 0 Å². The first kappa shape index (κ1) is 31.1. The van der Waals surface area contributed by atoms with Gasteiger partial charge >= 0.3 is 0 Å². The lowest BCUT2D eigenvalue weighted by molar-refractivity contribution is -0.153. The van der Waals surface area contributed by atoms with Crippen LogP contribution in [0.1, 0.15) is 43.2 Å². The van der Waals surface area contributed by atoms with Crippen molar-refractivity contribution in [3.05, 3.63) is 34.1 Å².